The number of hydrogen-bond donors (Lipinski definition) is 0. The highest BCUT2D eigenvalue weighted by Gasteiger charge is 2.32. The standard InChI is InChI=1S/C13F9O2/c14-3-2(1-23)4(15)9(20)12(8(3)19)24-13-10(21)6(17)5(16)7(18)11(13)22. The molecule has 2 aromatic carbocycles. The maximum Gasteiger partial charge on any atom is 0.239 e. The van der Waals surface area contributed by atoms with Crippen LogP contribution < -0.4 is 4.74 Å². The van der Waals surface area contributed by atoms with E-state index < -0.39 is 69.4 Å². The van der Waals surface area contributed by atoms with Crippen molar-refractivity contribution in [3.05, 3.63) is 57.9 Å². The number of rotatable bonds is 3. The first-order chi connectivity index (χ1) is 11.1. The average molecular weight is 359 g/mol. The summed E-state index contributed by atoms with van der Waals surface area (Å²) in [5.74, 6) is -26.9. The molecule has 2 aromatic rings. The Morgan fingerprint density at radius 2 is 0.792 bits per heavy atom. The van der Waals surface area contributed by atoms with Crippen LogP contribution in [0.2, 0.25) is 0 Å². The van der Waals surface area contributed by atoms with E-state index >= 15 is 0 Å². The predicted octanol–water partition coefficient (Wildman–Crippen LogP) is 4.19. The van der Waals surface area contributed by atoms with Gasteiger partial charge in [-0.2, -0.15) is 17.6 Å². The summed E-state index contributed by atoms with van der Waals surface area (Å²) in [5, 5.41) is 0. The Labute approximate surface area is 126 Å². The van der Waals surface area contributed by atoms with Gasteiger partial charge in [0.1, 0.15) is 5.56 Å². The van der Waals surface area contributed by atoms with Gasteiger partial charge in [0.2, 0.25) is 58.5 Å². The van der Waals surface area contributed by atoms with E-state index in [1.54, 1.807) is 0 Å². The minimum atomic E-state index is -2.61. The zero-order valence-electron chi connectivity index (χ0n) is 10.7. The number of ether oxygens (including phenoxy) is 1. The lowest BCUT2D eigenvalue weighted by atomic mass is 10.2. The highest BCUT2D eigenvalue weighted by Crippen LogP contribution is 2.37. The summed E-state index contributed by atoms with van der Waals surface area (Å²) in [4.78, 5) is 10.2. The molecule has 0 atom stereocenters. The van der Waals surface area contributed by atoms with Gasteiger partial charge in [0.15, 0.2) is 11.6 Å². The topological polar surface area (TPSA) is 26.3 Å². The Morgan fingerprint density at radius 1 is 0.500 bits per heavy atom. The summed E-state index contributed by atoms with van der Waals surface area (Å²) in [7, 11) is 0. The van der Waals surface area contributed by atoms with E-state index in [-0.39, 0.29) is 0 Å². The molecule has 127 valence electrons. The van der Waals surface area contributed by atoms with E-state index in [0.29, 0.717) is 6.29 Å². The summed E-state index contributed by atoms with van der Waals surface area (Å²) in [5.41, 5.74) is -1.82. The molecule has 0 fully saturated rings. The molecule has 11 heteroatoms. The van der Waals surface area contributed by atoms with Crippen LogP contribution in [0, 0.1) is 52.4 Å². The van der Waals surface area contributed by atoms with Gasteiger partial charge >= 0.3 is 0 Å². The SMILES string of the molecule is O=[C]c1c(F)c(F)c(Oc2c(F)c(F)c(F)c(F)c2F)c(F)c1F. The van der Waals surface area contributed by atoms with Crippen molar-refractivity contribution < 1.29 is 49.0 Å². The molecule has 0 unspecified atom stereocenters. The van der Waals surface area contributed by atoms with Crippen LogP contribution in [-0.4, -0.2) is 6.29 Å². The third-order valence-corrected chi connectivity index (χ3v) is 2.70. The van der Waals surface area contributed by atoms with E-state index in [9.17, 15) is 44.3 Å². The molecule has 0 aliphatic rings. The van der Waals surface area contributed by atoms with E-state index in [1.807, 2.05) is 0 Å². The number of hydrogen-bond acceptors (Lipinski definition) is 2. The first kappa shape index (κ1) is 17.6. The van der Waals surface area contributed by atoms with Gasteiger partial charge in [0.05, 0.1) is 0 Å². The third kappa shape index (κ3) is 2.45. The molecule has 0 saturated carbocycles. The fourth-order valence-electron chi connectivity index (χ4n) is 1.57. The smallest absolute Gasteiger partial charge is 0.239 e. The molecule has 0 aliphatic carbocycles. The molecular weight excluding hydrogens is 359 g/mol. The molecule has 0 spiro atoms. The summed E-state index contributed by atoms with van der Waals surface area (Å²) in [6.45, 7) is 0. The summed E-state index contributed by atoms with van der Waals surface area (Å²) >= 11 is 0. The number of benzene rings is 2. The van der Waals surface area contributed by atoms with Crippen molar-refractivity contribution in [2.24, 2.45) is 0 Å². The first-order valence-electron chi connectivity index (χ1n) is 5.56. The molecule has 1 radical (unpaired) electrons. The van der Waals surface area contributed by atoms with Crippen LogP contribution in [-0.2, 0) is 4.79 Å². The van der Waals surface area contributed by atoms with Gasteiger partial charge in [-0.25, -0.2) is 22.0 Å². The molecule has 0 N–H and O–H groups in total. The fourth-order valence-corrected chi connectivity index (χ4v) is 1.57. The Balaban J connectivity index is 2.73. The van der Waals surface area contributed by atoms with Crippen LogP contribution >= 0.6 is 0 Å². The normalized spacial score (nSPS) is 10.9. The Bertz CT molecular complexity index is 805. The van der Waals surface area contributed by atoms with E-state index in [0.717, 1.165) is 0 Å². The number of halogens is 9. The molecule has 24 heavy (non-hydrogen) atoms. The second-order valence-electron chi connectivity index (χ2n) is 4.06. The van der Waals surface area contributed by atoms with Crippen molar-refractivity contribution in [1.29, 1.82) is 0 Å². The zero-order chi connectivity index (χ0) is 18.3. The lowest BCUT2D eigenvalue weighted by Crippen LogP contribution is -2.09. The van der Waals surface area contributed by atoms with Crippen LogP contribution in [0.1, 0.15) is 5.56 Å². The van der Waals surface area contributed by atoms with E-state index in [2.05, 4.69) is 4.74 Å². The Morgan fingerprint density at radius 3 is 1.12 bits per heavy atom. The van der Waals surface area contributed by atoms with Crippen molar-refractivity contribution in [2.75, 3.05) is 0 Å². The van der Waals surface area contributed by atoms with Gasteiger partial charge in [-0.05, 0) is 0 Å². The molecule has 2 rings (SSSR count). The van der Waals surface area contributed by atoms with Crippen molar-refractivity contribution in [3.63, 3.8) is 0 Å². The lowest BCUT2D eigenvalue weighted by molar-refractivity contribution is 0.308. The van der Waals surface area contributed by atoms with Crippen molar-refractivity contribution in [2.45, 2.75) is 0 Å². The van der Waals surface area contributed by atoms with Gasteiger partial charge in [-0.15, -0.1) is 0 Å². The minimum Gasteiger partial charge on any atom is -0.444 e. The molecule has 0 saturated heterocycles. The largest absolute Gasteiger partial charge is 0.444 e. The van der Waals surface area contributed by atoms with E-state index in [1.165, 1.54) is 0 Å². The van der Waals surface area contributed by atoms with Crippen LogP contribution in [0.25, 0.3) is 0 Å². The highest BCUT2D eigenvalue weighted by molar-refractivity contribution is 5.76. The summed E-state index contributed by atoms with van der Waals surface area (Å²) in [6.07, 6.45) is 0.531. The van der Waals surface area contributed by atoms with E-state index in [4.69, 9.17) is 0 Å². The van der Waals surface area contributed by atoms with Gasteiger partial charge in [-0.3, -0.25) is 4.79 Å². The van der Waals surface area contributed by atoms with Crippen LogP contribution in [0.5, 0.6) is 11.5 Å². The maximum absolute atomic E-state index is 13.5. The summed E-state index contributed by atoms with van der Waals surface area (Å²) in [6, 6.07) is 0. The second kappa shape index (κ2) is 6.06. The molecule has 0 amide bonds. The molecular formula is C13F9O2. The quantitative estimate of drug-likeness (QED) is 0.467. The van der Waals surface area contributed by atoms with Crippen LogP contribution in [0.3, 0.4) is 0 Å². The number of carbonyl (C=O) groups excluding carboxylic acids is 1. The zero-order valence-corrected chi connectivity index (χ0v) is 10.7. The minimum absolute atomic E-state index is 0.531. The molecule has 0 aromatic heterocycles. The Kier molecular flexibility index (Phi) is 4.45. The van der Waals surface area contributed by atoms with Crippen molar-refractivity contribution >= 4 is 6.29 Å². The monoisotopic (exact) mass is 359 g/mol. The fraction of sp³-hybridized carbons (Fsp3) is 0. The summed E-state index contributed by atoms with van der Waals surface area (Å²) < 4.78 is 123. The van der Waals surface area contributed by atoms with Crippen molar-refractivity contribution in [3.8, 4) is 11.5 Å². The maximum atomic E-state index is 13.5. The molecule has 0 heterocycles. The second-order valence-corrected chi connectivity index (χ2v) is 4.06. The average Bonchev–Trinajstić information content (AvgIpc) is 2.56. The first-order valence-corrected chi connectivity index (χ1v) is 5.56. The predicted molar refractivity (Wildman–Crippen MR) is 57.4 cm³/mol. The highest BCUT2D eigenvalue weighted by atomic mass is 19.2. The molecule has 0 bridgehead atoms. The Hall–Kier alpha value is -2.72. The molecule has 2 nitrogen and oxygen atoms in total. The van der Waals surface area contributed by atoms with Crippen LogP contribution in [0.4, 0.5) is 39.5 Å². The van der Waals surface area contributed by atoms with Crippen LogP contribution in [0.15, 0.2) is 0 Å². The molecule has 0 aliphatic heterocycles. The van der Waals surface area contributed by atoms with Gasteiger partial charge in [0.25, 0.3) is 0 Å². The van der Waals surface area contributed by atoms with Gasteiger partial charge in [0, 0.05) is 0 Å². The van der Waals surface area contributed by atoms with Gasteiger partial charge in [-0.1, -0.05) is 0 Å². The lowest BCUT2D eigenvalue weighted by Gasteiger charge is -2.12. The van der Waals surface area contributed by atoms with Gasteiger partial charge < -0.3 is 4.74 Å². The van der Waals surface area contributed by atoms with Crippen molar-refractivity contribution in [1.82, 2.24) is 0 Å². The third-order valence-electron chi connectivity index (χ3n) is 2.70.